The highest BCUT2D eigenvalue weighted by molar-refractivity contribution is 8.13. The van der Waals surface area contributed by atoms with Crippen molar-refractivity contribution in [1.82, 2.24) is 10.3 Å². The van der Waals surface area contributed by atoms with Gasteiger partial charge in [0.25, 0.3) is 0 Å². The lowest BCUT2D eigenvalue weighted by molar-refractivity contribution is 0.669. The lowest BCUT2D eigenvalue weighted by Gasteiger charge is -2.17. The summed E-state index contributed by atoms with van der Waals surface area (Å²) < 4.78 is 0. The molecule has 0 aromatic carbocycles. The Morgan fingerprint density at radius 2 is 2.57 bits per heavy atom. The standard InChI is InChI=1S/C9H13N3S2/c1-7-4-11-9(14-6-7)12-5-8-10-2-3-13-8/h2-3,7H,4-6H2,1H3,(H,11,12). The molecule has 0 bridgehead atoms. The van der Waals surface area contributed by atoms with Gasteiger partial charge in [-0.2, -0.15) is 0 Å². The molecule has 0 aliphatic carbocycles. The Morgan fingerprint density at radius 3 is 3.21 bits per heavy atom. The molecule has 5 heteroatoms. The van der Waals surface area contributed by atoms with Gasteiger partial charge in [0, 0.05) is 23.9 Å². The SMILES string of the molecule is CC1CN=C(NCc2nccs2)SC1. The van der Waals surface area contributed by atoms with Crippen molar-refractivity contribution in [3.63, 3.8) is 0 Å². The van der Waals surface area contributed by atoms with E-state index in [0.29, 0.717) is 5.92 Å². The average molecular weight is 227 g/mol. The van der Waals surface area contributed by atoms with E-state index in [1.54, 1.807) is 11.3 Å². The molecule has 0 radical (unpaired) electrons. The van der Waals surface area contributed by atoms with Crippen molar-refractivity contribution in [1.29, 1.82) is 0 Å². The van der Waals surface area contributed by atoms with Crippen LogP contribution in [0, 0.1) is 5.92 Å². The van der Waals surface area contributed by atoms with Crippen molar-refractivity contribution in [2.45, 2.75) is 13.5 Å². The summed E-state index contributed by atoms with van der Waals surface area (Å²) in [6.45, 7) is 3.99. The maximum Gasteiger partial charge on any atom is 0.156 e. The van der Waals surface area contributed by atoms with Crippen LogP contribution in [-0.2, 0) is 6.54 Å². The largest absolute Gasteiger partial charge is 0.358 e. The second-order valence-electron chi connectivity index (χ2n) is 3.34. The third-order valence-electron chi connectivity index (χ3n) is 1.93. The van der Waals surface area contributed by atoms with E-state index in [1.807, 2.05) is 23.3 Å². The first kappa shape index (κ1) is 9.98. The van der Waals surface area contributed by atoms with Gasteiger partial charge in [-0.05, 0) is 5.92 Å². The molecule has 1 aromatic heterocycles. The molecule has 0 saturated carbocycles. The zero-order valence-electron chi connectivity index (χ0n) is 8.06. The minimum atomic E-state index is 0.713. The van der Waals surface area contributed by atoms with E-state index in [2.05, 4.69) is 22.2 Å². The summed E-state index contributed by atoms with van der Waals surface area (Å²) in [6, 6.07) is 0. The molecule has 1 atom stereocenters. The lowest BCUT2D eigenvalue weighted by Crippen LogP contribution is -2.25. The summed E-state index contributed by atoms with van der Waals surface area (Å²) in [7, 11) is 0. The van der Waals surface area contributed by atoms with E-state index >= 15 is 0 Å². The van der Waals surface area contributed by atoms with E-state index in [1.165, 1.54) is 5.75 Å². The van der Waals surface area contributed by atoms with Gasteiger partial charge >= 0.3 is 0 Å². The molecule has 1 aliphatic heterocycles. The van der Waals surface area contributed by atoms with Crippen LogP contribution in [0.5, 0.6) is 0 Å². The highest BCUT2D eigenvalue weighted by Gasteiger charge is 2.11. The number of hydrogen-bond donors (Lipinski definition) is 1. The minimum absolute atomic E-state index is 0.713. The molecule has 0 amide bonds. The Bertz CT molecular complexity index is 308. The molecule has 76 valence electrons. The molecular weight excluding hydrogens is 214 g/mol. The Labute approximate surface area is 92.0 Å². The van der Waals surface area contributed by atoms with Crippen molar-refractivity contribution in [3.8, 4) is 0 Å². The second kappa shape index (κ2) is 4.79. The van der Waals surface area contributed by atoms with Gasteiger partial charge in [0.1, 0.15) is 5.01 Å². The monoisotopic (exact) mass is 227 g/mol. The van der Waals surface area contributed by atoms with E-state index < -0.39 is 0 Å². The number of hydrogen-bond acceptors (Lipinski definition) is 5. The van der Waals surface area contributed by atoms with Gasteiger partial charge in [-0.3, -0.25) is 4.99 Å². The van der Waals surface area contributed by atoms with Crippen molar-refractivity contribution >= 4 is 28.3 Å². The van der Waals surface area contributed by atoms with Crippen molar-refractivity contribution in [2.24, 2.45) is 10.9 Å². The van der Waals surface area contributed by atoms with Crippen LogP contribution in [0.2, 0.25) is 0 Å². The summed E-state index contributed by atoms with van der Waals surface area (Å²) in [5, 5.41) is 7.49. The first-order chi connectivity index (χ1) is 6.84. The molecule has 2 heterocycles. The fourth-order valence-electron chi connectivity index (χ4n) is 1.16. The van der Waals surface area contributed by atoms with Gasteiger partial charge < -0.3 is 5.32 Å². The minimum Gasteiger partial charge on any atom is -0.358 e. The third-order valence-corrected chi connectivity index (χ3v) is 3.99. The van der Waals surface area contributed by atoms with Gasteiger partial charge in [-0.25, -0.2) is 4.98 Å². The summed E-state index contributed by atoms with van der Waals surface area (Å²) in [5.41, 5.74) is 0. The predicted octanol–water partition coefficient (Wildman–Crippen LogP) is 1.97. The van der Waals surface area contributed by atoms with E-state index in [0.717, 1.165) is 23.3 Å². The summed E-state index contributed by atoms with van der Waals surface area (Å²) in [4.78, 5) is 8.66. The molecule has 1 N–H and O–H groups in total. The third kappa shape index (κ3) is 2.72. The number of rotatable bonds is 2. The normalized spacial score (nSPS) is 21.8. The maximum absolute atomic E-state index is 4.46. The zero-order chi connectivity index (χ0) is 9.80. The summed E-state index contributed by atoms with van der Waals surface area (Å²) in [5.74, 6) is 1.88. The zero-order valence-corrected chi connectivity index (χ0v) is 9.70. The number of aliphatic imine (C=N–C) groups is 1. The lowest BCUT2D eigenvalue weighted by atomic mass is 10.2. The number of nitrogens with zero attached hydrogens (tertiary/aromatic N) is 2. The summed E-state index contributed by atoms with van der Waals surface area (Å²) in [6.07, 6.45) is 1.83. The summed E-state index contributed by atoms with van der Waals surface area (Å²) >= 11 is 3.48. The fourth-order valence-corrected chi connectivity index (χ4v) is 2.60. The van der Waals surface area contributed by atoms with Crippen molar-refractivity contribution < 1.29 is 0 Å². The molecule has 1 aliphatic rings. The van der Waals surface area contributed by atoms with Crippen LogP contribution in [0.15, 0.2) is 16.6 Å². The predicted molar refractivity (Wildman–Crippen MR) is 62.9 cm³/mol. The topological polar surface area (TPSA) is 37.3 Å². The second-order valence-corrected chi connectivity index (χ2v) is 5.33. The van der Waals surface area contributed by atoms with Gasteiger partial charge in [0.2, 0.25) is 0 Å². The number of nitrogens with one attached hydrogen (secondary N) is 1. The van der Waals surface area contributed by atoms with Crippen LogP contribution in [-0.4, -0.2) is 22.4 Å². The quantitative estimate of drug-likeness (QED) is 0.839. The number of amidine groups is 1. The van der Waals surface area contributed by atoms with Crippen LogP contribution in [0.25, 0.3) is 0 Å². The molecular formula is C9H13N3S2. The molecule has 0 saturated heterocycles. The molecule has 0 fully saturated rings. The number of thiazole rings is 1. The van der Waals surface area contributed by atoms with Gasteiger partial charge in [-0.15, -0.1) is 11.3 Å². The number of thioether (sulfide) groups is 1. The van der Waals surface area contributed by atoms with Gasteiger partial charge in [0.15, 0.2) is 5.17 Å². The first-order valence-corrected chi connectivity index (χ1v) is 6.50. The molecule has 1 unspecified atom stereocenters. The highest BCUT2D eigenvalue weighted by atomic mass is 32.2. The number of aromatic nitrogens is 1. The fraction of sp³-hybridized carbons (Fsp3) is 0.556. The Kier molecular flexibility index (Phi) is 3.42. The van der Waals surface area contributed by atoms with Crippen LogP contribution in [0.4, 0.5) is 0 Å². The Balaban J connectivity index is 1.81. The van der Waals surface area contributed by atoms with E-state index in [9.17, 15) is 0 Å². The van der Waals surface area contributed by atoms with Gasteiger partial charge in [-0.1, -0.05) is 18.7 Å². The van der Waals surface area contributed by atoms with Crippen molar-refractivity contribution in [3.05, 3.63) is 16.6 Å². The maximum atomic E-state index is 4.46. The van der Waals surface area contributed by atoms with Crippen LogP contribution >= 0.6 is 23.1 Å². The molecule has 0 spiro atoms. The molecule has 3 nitrogen and oxygen atoms in total. The Hall–Kier alpha value is -0.550. The van der Waals surface area contributed by atoms with Gasteiger partial charge in [0.05, 0.1) is 6.54 Å². The molecule has 2 rings (SSSR count). The Morgan fingerprint density at radius 1 is 1.64 bits per heavy atom. The first-order valence-electron chi connectivity index (χ1n) is 4.64. The smallest absolute Gasteiger partial charge is 0.156 e. The van der Waals surface area contributed by atoms with Crippen molar-refractivity contribution in [2.75, 3.05) is 12.3 Å². The van der Waals surface area contributed by atoms with E-state index in [4.69, 9.17) is 0 Å². The highest BCUT2D eigenvalue weighted by Crippen LogP contribution is 2.16. The molecule has 14 heavy (non-hydrogen) atoms. The van der Waals surface area contributed by atoms with Crippen LogP contribution in [0.3, 0.4) is 0 Å². The van der Waals surface area contributed by atoms with E-state index in [-0.39, 0.29) is 0 Å². The van der Waals surface area contributed by atoms with Crippen LogP contribution < -0.4 is 5.32 Å². The molecule has 1 aromatic rings. The van der Waals surface area contributed by atoms with Crippen LogP contribution in [0.1, 0.15) is 11.9 Å². The average Bonchev–Trinajstić information content (AvgIpc) is 2.70.